The summed E-state index contributed by atoms with van der Waals surface area (Å²) in [7, 11) is 3.81. The molecule has 2 aromatic heterocycles. The van der Waals surface area contributed by atoms with Crippen LogP contribution in [0, 0.1) is 5.92 Å². The minimum atomic E-state index is -0.994. The van der Waals surface area contributed by atoms with Gasteiger partial charge >= 0.3 is 6.09 Å². The maximum atomic E-state index is 13.9. The first-order chi connectivity index (χ1) is 20.8. The number of nitrogens with zero attached hydrogens (tertiary/aromatic N) is 5. The summed E-state index contributed by atoms with van der Waals surface area (Å²) in [6, 6.07) is 18.1. The normalized spacial score (nSPS) is 15.5. The van der Waals surface area contributed by atoms with Crippen LogP contribution in [-0.4, -0.2) is 57.4 Å². The van der Waals surface area contributed by atoms with Crippen LogP contribution in [0.3, 0.4) is 0 Å². The van der Waals surface area contributed by atoms with Crippen molar-refractivity contribution >= 4 is 29.0 Å². The van der Waals surface area contributed by atoms with Crippen molar-refractivity contribution in [2.75, 3.05) is 19.0 Å². The Morgan fingerprint density at radius 1 is 1.00 bits per heavy atom. The summed E-state index contributed by atoms with van der Waals surface area (Å²) in [5.74, 6) is 0.466. The average molecular weight is 586 g/mol. The highest BCUT2D eigenvalue weighted by molar-refractivity contribution is 5.86. The second-order valence-corrected chi connectivity index (χ2v) is 11.3. The third-order valence-corrected chi connectivity index (χ3v) is 7.92. The SMILES string of the molecule is CN(C)c1ncnc2c1ncn2COC(C)(NC(=O)[C@H](Cc1ccccc1)NC(=O)OCc1ccccc1)C1CCCC1. The highest BCUT2D eigenvalue weighted by Crippen LogP contribution is 2.35. The molecule has 1 unspecified atom stereocenters. The fourth-order valence-corrected chi connectivity index (χ4v) is 5.52. The highest BCUT2D eigenvalue weighted by atomic mass is 16.5. The van der Waals surface area contributed by atoms with Crippen LogP contribution in [-0.2, 0) is 34.0 Å². The molecule has 0 saturated heterocycles. The highest BCUT2D eigenvalue weighted by Gasteiger charge is 2.40. The van der Waals surface area contributed by atoms with Gasteiger partial charge < -0.3 is 25.0 Å². The summed E-state index contributed by atoms with van der Waals surface area (Å²) in [4.78, 5) is 41.9. The fraction of sp³-hybridized carbons (Fsp3) is 0.406. The van der Waals surface area contributed by atoms with Gasteiger partial charge in [0.1, 0.15) is 31.4 Å². The van der Waals surface area contributed by atoms with Crippen molar-refractivity contribution in [2.45, 2.75) is 64.1 Å². The predicted molar refractivity (Wildman–Crippen MR) is 163 cm³/mol. The number of carbonyl (C=O) groups excluding carboxylic acids is 2. The Hall–Kier alpha value is -4.51. The van der Waals surface area contributed by atoms with E-state index in [9.17, 15) is 9.59 Å². The van der Waals surface area contributed by atoms with Crippen LogP contribution in [0.15, 0.2) is 73.3 Å². The number of hydrogen-bond donors (Lipinski definition) is 2. The predicted octanol–water partition coefficient (Wildman–Crippen LogP) is 4.43. The van der Waals surface area contributed by atoms with E-state index in [1.165, 1.54) is 6.33 Å². The van der Waals surface area contributed by atoms with Crippen molar-refractivity contribution in [3.8, 4) is 0 Å². The second kappa shape index (κ2) is 13.6. The Morgan fingerprint density at radius 3 is 2.35 bits per heavy atom. The van der Waals surface area contributed by atoms with E-state index in [2.05, 4.69) is 25.6 Å². The van der Waals surface area contributed by atoms with Crippen LogP contribution in [0.4, 0.5) is 10.6 Å². The molecule has 1 saturated carbocycles. The molecule has 2 atom stereocenters. The van der Waals surface area contributed by atoms with Gasteiger partial charge in [0.2, 0.25) is 5.91 Å². The zero-order chi connectivity index (χ0) is 30.2. The summed E-state index contributed by atoms with van der Waals surface area (Å²) < 4.78 is 13.8. The van der Waals surface area contributed by atoms with Gasteiger partial charge in [0.15, 0.2) is 17.0 Å². The molecule has 11 nitrogen and oxygen atoms in total. The first kappa shape index (κ1) is 30.0. The number of aromatic nitrogens is 4. The van der Waals surface area contributed by atoms with Gasteiger partial charge in [0, 0.05) is 26.4 Å². The van der Waals surface area contributed by atoms with Crippen LogP contribution in [0.1, 0.15) is 43.7 Å². The number of rotatable bonds is 12. The van der Waals surface area contributed by atoms with Gasteiger partial charge in [0.25, 0.3) is 0 Å². The van der Waals surface area contributed by atoms with Gasteiger partial charge in [0.05, 0.1) is 6.33 Å². The van der Waals surface area contributed by atoms with E-state index in [0.29, 0.717) is 23.4 Å². The Morgan fingerprint density at radius 2 is 1.67 bits per heavy atom. The van der Waals surface area contributed by atoms with E-state index in [4.69, 9.17) is 9.47 Å². The monoisotopic (exact) mass is 585 g/mol. The smallest absolute Gasteiger partial charge is 0.408 e. The number of imidazole rings is 1. The molecule has 0 spiro atoms. The van der Waals surface area contributed by atoms with Crippen LogP contribution in [0.25, 0.3) is 11.2 Å². The summed E-state index contributed by atoms with van der Waals surface area (Å²) >= 11 is 0. The summed E-state index contributed by atoms with van der Waals surface area (Å²) in [6.07, 6.45) is 6.77. The molecule has 43 heavy (non-hydrogen) atoms. The van der Waals surface area contributed by atoms with Crippen LogP contribution in [0.2, 0.25) is 0 Å². The Bertz CT molecular complexity index is 1510. The second-order valence-electron chi connectivity index (χ2n) is 11.3. The first-order valence-electron chi connectivity index (χ1n) is 14.6. The Kier molecular flexibility index (Phi) is 9.51. The lowest BCUT2D eigenvalue weighted by molar-refractivity contribution is -0.151. The molecule has 0 aliphatic heterocycles. The molecule has 0 bridgehead atoms. The number of amides is 2. The molecule has 1 fully saturated rings. The molecule has 2 aromatic carbocycles. The minimum Gasteiger partial charge on any atom is -0.445 e. The molecular weight excluding hydrogens is 546 g/mol. The van der Waals surface area contributed by atoms with Gasteiger partial charge in [-0.2, -0.15) is 0 Å². The summed E-state index contributed by atoms with van der Waals surface area (Å²) in [6.45, 7) is 2.14. The largest absolute Gasteiger partial charge is 0.445 e. The number of ether oxygens (including phenoxy) is 2. The first-order valence-corrected chi connectivity index (χ1v) is 14.6. The molecule has 4 aromatic rings. The number of anilines is 1. The van der Waals surface area contributed by atoms with E-state index < -0.39 is 17.9 Å². The average Bonchev–Trinajstić information content (AvgIpc) is 3.71. The quantitative estimate of drug-likeness (QED) is 0.234. The zero-order valence-electron chi connectivity index (χ0n) is 24.9. The van der Waals surface area contributed by atoms with E-state index in [1.807, 2.05) is 91.1 Å². The molecule has 5 rings (SSSR count). The molecule has 1 aliphatic rings. The number of hydrogen-bond acceptors (Lipinski definition) is 8. The van der Waals surface area contributed by atoms with Gasteiger partial charge in [-0.05, 0) is 30.9 Å². The fourth-order valence-electron chi connectivity index (χ4n) is 5.52. The van der Waals surface area contributed by atoms with Crippen molar-refractivity contribution in [1.82, 2.24) is 30.2 Å². The third kappa shape index (κ3) is 7.47. The zero-order valence-corrected chi connectivity index (χ0v) is 24.9. The molecule has 226 valence electrons. The van der Waals surface area contributed by atoms with Crippen LogP contribution in [0.5, 0.6) is 0 Å². The minimum absolute atomic E-state index is 0.0978. The summed E-state index contributed by atoms with van der Waals surface area (Å²) in [5, 5.41) is 5.96. The number of alkyl carbamates (subject to hydrolysis) is 1. The van der Waals surface area contributed by atoms with Gasteiger partial charge in [-0.15, -0.1) is 0 Å². The molecule has 11 heteroatoms. The lowest BCUT2D eigenvalue weighted by Gasteiger charge is -2.37. The van der Waals surface area contributed by atoms with Crippen molar-refractivity contribution < 1.29 is 19.1 Å². The molecule has 0 radical (unpaired) electrons. The van der Waals surface area contributed by atoms with Crippen molar-refractivity contribution in [3.63, 3.8) is 0 Å². The maximum Gasteiger partial charge on any atom is 0.408 e. The molecule has 2 N–H and O–H groups in total. The van der Waals surface area contributed by atoms with Crippen LogP contribution >= 0.6 is 0 Å². The van der Waals surface area contributed by atoms with Gasteiger partial charge in [-0.3, -0.25) is 9.36 Å². The van der Waals surface area contributed by atoms with Crippen molar-refractivity contribution in [3.05, 3.63) is 84.4 Å². The number of fused-ring (bicyclic) bond motifs is 1. The molecular formula is C32H39N7O4. The van der Waals surface area contributed by atoms with Gasteiger partial charge in [-0.1, -0.05) is 73.5 Å². The summed E-state index contributed by atoms with van der Waals surface area (Å²) in [5.41, 5.74) is 2.09. The molecule has 2 amide bonds. The van der Waals surface area contributed by atoms with E-state index >= 15 is 0 Å². The van der Waals surface area contributed by atoms with Crippen LogP contribution < -0.4 is 15.5 Å². The van der Waals surface area contributed by atoms with Crippen molar-refractivity contribution in [2.24, 2.45) is 5.92 Å². The van der Waals surface area contributed by atoms with E-state index in [-0.39, 0.29) is 25.2 Å². The molecule has 1 aliphatic carbocycles. The third-order valence-electron chi connectivity index (χ3n) is 7.92. The lowest BCUT2D eigenvalue weighted by Crippen LogP contribution is -2.59. The number of nitrogens with one attached hydrogen (secondary N) is 2. The lowest BCUT2D eigenvalue weighted by atomic mass is 9.94. The van der Waals surface area contributed by atoms with E-state index in [0.717, 1.165) is 36.8 Å². The standard InChI is InChI=1S/C32H39N7O4/c1-32(25-16-10-11-17-25,43-22-39-21-35-27-28(38(2)3)33-20-34-29(27)39)37-30(40)26(18-23-12-6-4-7-13-23)36-31(41)42-19-24-14-8-5-9-15-24/h4-9,12-15,20-21,25-26H,10-11,16-19,22H2,1-3H3,(H,36,41)(H,37,40)/t26-,32?/m0/s1. The number of benzene rings is 2. The Balaban J connectivity index is 1.32. The van der Waals surface area contributed by atoms with Crippen molar-refractivity contribution in [1.29, 1.82) is 0 Å². The topological polar surface area (TPSA) is 124 Å². The maximum absolute atomic E-state index is 13.9. The Labute approximate surface area is 251 Å². The van der Waals surface area contributed by atoms with Gasteiger partial charge in [-0.25, -0.2) is 19.7 Å². The van der Waals surface area contributed by atoms with E-state index in [1.54, 1.807) is 6.33 Å². The molecule has 2 heterocycles. The number of carbonyl (C=O) groups is 2.